The second-order valence-corrected chi connectivity index (χ2v) is 7.64. The first-order valence-electron chi connectivity index (χ1n) is 9.07. The molecule has 0 spiro atoms. The van der Waals surface area contributed by atoms with E-state index in [4.69, 9.17) is 9.47 Å². The van der Waals surface area contributed by atoms with E-state index in [1.807, 2.05) is 20.8 Å². The van der Waals surface area contributed by atoms with Gasteiger partial charge in [-0.2, -0.15) is 0 Å². The van der Waals surface area contributed by atoms with Crippen LogP contribution in [-0.2, 0) is 9.47 Å². The Morgan fingerprint density at radius 1 is 1.26 bits per heavy atom. The number of methoxy groups -OCH3 is 1. The van der Waals surface area contributed by atoms with E-state index in [-0.39, 0.29) is 6.09 Å². The molecule has 3 unspecified atom stereocenters. The maximum absolute atomic E-state index is 11.9. The van der Waals surface area contributed by atoms with Crippen LogP contribution in [0.4, 0.5) is 4.79 Å². The average molecular weight is 328 g/mol. The van der Waals surface area contributed by atoms with E-state index in [0.29, 0.717) is 24.5 Å². The van der Waals surface area contributed by atoms with Crippen molar-refractivity contribution in [3.8, 4) is 0 Å². The lowest BCUT2D eigenvalue weighted by molar-refractivity contribution is 0.0507. The highest BCUT2D eigenvalue weighted by atomic mass is 16.6. The smallest absolute Gasteiger partial charge is 0.407 e. The molecule has 1 amide bonds. The minimum atomic E-state index is -0.445. The lowest BCUT2D eigenvalue weighted by Crippen LogP contribution is -2.49. The number of nitrogens with one attached hydrogen (secondary N) is 2. The molecule has 1 aliphatic rings. The van der Waals surface area contributed by atoms with Gasteiger partial charge in [0.25, 0.3) is 0 Å². The van der Waals surface area contributed by atoms with Crippen LogP contribution in [0.5, 0.6) is 0 Å². The Morgan fingerprint density at radius 2 is 1.96 bits per heavy atom. The fourth-order valence-corrected chi connectivity index (χ4v) is 3.27. The predicted octanol–water partition coefficient (Wildman–Crippen LogP) is 3.47. The Hall–Kier alpha value is -0.810. The number of ether oxygens (including phenoxy) is 2. The van der Waals surface area contributed by atoms with Crippen LogP contribution in [0.1, 0.15) is 66.2 Å². The van der Waals surface area contributed by atoms with Crippen LogP contribution in [0.15, 0.2) is 0 Å². The van der Waals surface area contributed by atoms with Crippen LogP contribution in [0.2, 0.25) is 0 Å². The van der Waals surface area contributed by atoms with Gasteiger partial charge in [-0.15, -0.1) is 0 Å². The summed E-state index contributed by atoms with van der Waals surface area (Å²) >= 11 is 0. The molecule has 0 aliphatic heterocycles. The van der Waals surface area contributed by atoms with Gasteiger partial charge in [0, 0.05) is 25.7 Å². The molecule has 23 heavy (non-hydrogen) atoms. The number of amides is 1. The van der Waals surface area contributed by atoms with Gasteiger partial charge in [0.2, 0.25) is 0 Å². The zero-order valence-electron chi connectivity index (χ0n) is 15.6. The van der Waals surface area contributed by atoms with Crippen LogP contribution in [0, 0.1) is 5.92 Å². The van der Waals surface area contributed by atoms with Crippen molar-refractivity contribution in [1.82, 2.24) is 10.6 Å². The van der Waals surface area contributed by atoms with Crippen molar-refractivity contribution >= 4 is 6.09 Å². The van der Waals surface area contributed by atoms with Gasteiger partial charge in [-0.3, -0.25) is 0 Å². The average Bonchev–Trinajstić information content (AvgIpc) is 2.45. The fourth-order valence-electron chi connectivity index (χ4n) is 3.27. The van der Waals surface area contributed by atoms with Crippen LogP contribution in [-0.4, -0.2) is 44.0 Å². The molecule has 1 saturated carbocycles. The maximum atomic E-state index is 11.9. The van der Waals surface area contributed by atoms with Crippen LogP contribution < -0.4 is 10.6 Å². The van der Waals surface area contributed by atoms with Crippen LogP contribution >= 0.6 is 0 Å². The number of hydrogen-bond acceptors (Lipinski definition) is 4. The van der Waals surface area contributed by atoms with Crippen LogP contribution in [0.25, 0.3) is 0 Å². The summed E-state index contributed by atoms with van der Waals surface area (Å²) in [6, 6.07) is 0.850. The standard InChI is InChI=1S/C18H36N2O3/c1-6-9-15(13-22-5)20-16-11-8-7-10-14(16)12-19-17(21)23-18(2,3)4/h14-16,20H,6-13H2,1-5H3,(H,19,21). The van der Waals surface area contributed by atoms with E-state index in [9.17, 15) is 4.79 Å². The molecule has 0 aromatic rings. The lowest BCUT2D eigenvalue weighted by Gasteiger charge is -2.35. The first-order valence-corrected chi connectivity index (χ1v) is 9.07. The van der Waals surface area contributed by atoms with E-state index in [1.54, 1.807) is 7.11 Å². The fraction of sp³-hybridized carbons (Fsp3) is 0.944. The van der Waals surface area contributed by atoms with Crippen molar-refractivity contribution in [1.29, 1.82) is 0 Å². The number of hydrogen-bond donors (Lipinski definition) is 2. The van der Waals surface area contributed by atoms with E-state index in [2.05, 4.69) is 17.6 Å². The zero-order chi connectivity index (χ0) is 17.3. The lowest BCUT2D eigenvalue weighted by atomic mass is 9.84. The van der Waals surface area contributed by atoms with Crippen molar-refractivity contribution in [2.75, 3.05) is 20.3 Å². The molecule has 2 N–H and O–H groups in total. The summed E-state index contributed by atoms with van der Waals surface area (Å²) in [5.41, 5.74) is -0.445. The second-order valence-electron chi connectivity index (χ2n) is 7.64. The first kappa shape index (κ1) is 20.2. The quantitative estimate of drug-likeness (QED) is 0.716. The van der Waals surface area contributed by atoms with Gasteiger partial charge < -0.3 is 20.1 Å². The van der Waals surface area contributed by atoms with Crippen molar-refractivity contribution in [3.05, 3.63) is 0 Å². The topological polar surface area (TPSA) is 59.6 Å². The number of carbonyl (C=O) groups excluding carboxylic acids is 1. The summed E-state index contributed by atoms with van der Waals surface area (Å²) < 4.78 is 10.7. The summed E-state index contributed by atoms with van der Waals surface area (Å²) in [6.07, 6.45) is 6.77. The van der Waals surface area contributed by atoms with Gasteiger partial charge in [0.15, 0.2) is 0 Å². The molecule has 1 aliphatic carbocycles. The highest BCUT2D eigenvalue weighted by Gasteiger charge is 2.28. The summed E-state index contributed by atoms with van der Waals surface area (Å²) in [5.74, 6) is 0.465. The normalized spacial score (nSPS) is 23.3. The third kappa shape index (κ3) is 8.56. The van der Waals surface area contributed by atoms with E-state index >= 15 is 0 Å². The summed E-state index contributed by atoms with van der Waals surface area (Å²) in [5, 5.41) is 6.71. The molecule has 0 saturated heterocycles. The highest BCUT2D eigenvalue weighted by molar-refractivity contribution is 5.67. The summed E-state index contributed by atoms with van der Waals surface area (Å²) in [6.45, 7) is 9.29. The number of carbonyl (C=O) groups is 1. The van der Waals surface area contributed by atoms with Crippen molar-refractivity contribution < 1.29 is 14.3 Å². The van der Waals surface area contributed by atoms with Crippen LogP contribution in [0.3, 0.4) is 0 Å². The molecule has 1 rings (SSSR count). The van der Waals surface area contributed by atoms with Gasteiger partial charge in [-0.1, -0.05) is 26.2 Å². The molecule has 0 radical (unpaired) electrons. The number of alkyl carbamates (subject to hydrolysis) is 1. The third-order valence-electron chi connectivity index (χ3n) is 4.27. The molecule has 3 atom stereocenters. The largest absolute Gasteiger partial charge is 0.444 e. The molecule has 0 heterocycles. The Balaban J connectivity index is 2.48. The van der Waals surface area contributed by atoms with Crippen molar-refractivity contribution in [2.24, 2.45) is 5.92 Å². The minimum absolute atomic E-state index is 0.316. The Labute approximate surface area is 141 Å². The molecule has 0 bridgehead atoms. The molecule has 0 aromatic heterocycles. The van der Waals surface area contributed by atoms with Gasteiger partial charge in [0.1, 0.15) is 5.60 Å². The van der Waals surface area contributed by atoms with Crippen molar-refractivity contribution in [2.45, 2.75) is 83.9 Å². The Kier molecular flexibility index (Phi) is 8.92. The molecule has 136 valence electrons. The van der Waals surface area contributed by atoms with Gasteiger partial charge >= 0.3 is 6.09 Å². The van der Waals surface area contributed by atoms with Crippen molar-refractivity contribution in [3.63, 3.8) is 0 Å². The molecule has 0 aromatic carbocycles. The summed E-state index contributed by atoms with van der Waals surface area (Å²) in [4.78, 5) is 11.9. The predicted molar refractivity (Wildman–Crippen MR) is 93.7 cm³/mol. The SMILES string of the molecule is CCCC(COC)NC1CCCCC1CNC(=O)OC(C)(C)C. The Morgan fingerprint density at radius 3 is 2.57 bits per heavy atom. The monoisotopic (exact) mass is 328 g/mol. The molecule has 5 nitrogen and oxygen atoms in total. The van der Waals surface area contributed by atoms with E-state index < -0.39 is 5.60 Å². The second kappa shape index (κ2) is 10.1. The van der Waals surface area contributed by atoms with Gasteiger partial charge in [-0.05, 0) is 46.0 Å². The molecule has 1 fully saturated rings. The third-order valence-corrected chi connectivity index (χ3v) is 4.27. The van der Waals surface area contributed by atoms with Gasteiger partial charge in [-0.25, -0.2) is 4.79 Å². The van der Waals surface area contributed by atoms with E-state index in [0.717, 1.165) is 25.9 Å². The minimum Gasteiger partial charge on any atom is -0.444 e. The molecular formula is C18H36N2O3. The van der Waals surface area contributed by atoms with Gasteiger partial charge in [0.05, 0.1) is 6.61 Å². The first-order chi connectivity index (χ1) is 10.9. The van der Waals surface area contributed by atoms with E-state index in [1.165, 1.54) is 19.3 Å². The molecule has 5 heteroatoms. The summed E-state index contributed by atoms with van der Waals surface area (Å²) in [7, 11) is 1.76. The maximum Gasteiger partial charge on any atom is 0.407 e. The molecular weight excluding hydrogens is 292 g/mol. The highest BCUT2D eigenvalue weighted by Crippen LogP contribution is 2.25. The zero-order valence-corrected chi connectivity index (χ0v) is 15.6. The number of rotatable bonds is 8. The Bertz CT molecular complexity index is 336.